The largest absolute Gasteiger partial charge is 0.394 e. The second-order valence-electron chi connectivity index (χ2n) is 4.33. The molecule has 21 heavy (non-hydrogen) atoms. The van der Waals surface area contributed by atoms with Gasteiger partial charge in [-0.15, -0.1) is 0 Å². The molecule has 0 aliphatic heterocycles. The molecule has 6 nitrogen and oxygen atoms in total. The fourth-order valence-electron chi connectivity index (χ4n) is 1.72. The Morgan fingerprint density at radius 3 is 2.76 bits per heavy atom. The van der Waals surface area contributed by atoms with Crippen molar-refractivity contribution in [3.05, 3.63) is 42.5 Å². The molecule has 0 saturated carbocycles. The van der Waals surface area contributed by atoms with Gasteiger partial charge in [-0.05, 0) is 18.6 Å². The van der Waals surface area contributed by atoms with Crippen molar-refractivity contribution in [1.29, 1.82) is 0 Å². The summed E-state index contributed by atoms with van der Waals surface area (Å²) in [4.78, 5) is 3.19. The molecular weight excluding hydrogens is 302 g/mol. The first-order valence-electron chi connectivity index (χ1n) is 6.10. The van der Waals surface area contributed by atoms with E-state index in [4.69, 9.17) is 5.73 Å². The summed E-state index contributed by atoms with van der Waals surface area (Å²) < 4.78 is 54.6. The highest BCUT2D eigenvalue weighted by Gasteiger charge is 2.21. The molecule has 0 bridgehead atoms. The number of rotatable bonds is 6. The number of anilines is 1. The van der Waals surface area contributed by atoms with Gasteiger partial charge >= 0.3 is 0 Å². The highest BCUT2D eigenvalue weighted by Crippen LogP contribution is 2.22. The molecule has 0 spiro atoms. The van der Waals surface area contributed by atoms with Gasteiger partial charge in [-0.3, -0.25) is 0 Å². The standard InChI is InChI=1S/C12H14F2N4O2S/c13-9-2-3-10(11(14)12(9)15)21(19,20)17-4-1-6-18-7-5-16-8-18/h2-3,5,7-8,17H,1,4,6,15H2. The molecule has 0 fully saturated rings. The average molecular weight is 316 g/mol. The fourth-order valence-corrected chi connectivity index (χ4v) is 2.88. The van der Waals surface area contributed by atoms with Crippen LogP contribution in [0.25, 0.3) is 0 Å². The van der Waals surface area contributed by atoms with Crippen LogP contribution < -0.4 is 10.5 Å². The van der Waals surface area contributed by atoms with Crippen LogP contribution in [0.4, 0.5) is 14.5 Å². The Morgan fingerprint density at radius 2 is 2.10 bits per heavy atom. The quantitative estimate of drug-likeness (QED) is 0.617. The molecule has 0 aliphatic carbocycles. The molecule has 1 aromatic heterocycles. The van der Waals surface area contributed by atoms with Crippen LogP contribution in [0, 0.1) is 11.6 Å². The number of sulfonamides is 1. The molecule has 0 unspecified atom stereocenters. The first-order valence-corrected chi connectivity index (χ1v) is 7.59. The minimum atomic E-state index is -4.07. The van der Waals surface area contributed by atoms with Crippen LogP contribution in [-0.4, -0.2) is 24.5 Å². The van der Waals surface area contributed by atoms with Crippen molar-refractivity contribution in [2.45, 2.75) is 17.9 Å². The predicted octanol–water partition coefficient (Wildman–Crippen LogP) is 1.11. The number of halogens is 2. The number of aromatic nitrogens is 2. The van der Waals surface area contributed by atoms with Crippen LogP contribution in [-0.2, 0) is 16.6 Å². The monoisotopic (exact) mass is 316 g/mol. The van der Waals surface area contributed by atoms with E-state index in [-0.39, 0.29) is 6.54 Å². The molecule has 0 radical (unpaired) electrons. The highest BCUT2D eigenvalue weighted by atomic mass is 32.2. The van der Waals surface area contributed by atoms with Gasteiger partial charge in [0.05, 0.1) is 6.33 Å². The van der Waals surface area contributed by atoms with E-state index in [2.05, 4.69) is 9.71 Å². The van der Waals surface area contributed by atoms with Gasteiger partial charge in [0.15, 0.2) is 5.82 Å². The summed E-state index contributed by atoms with van der Waals surface area (Å²) in [5, 5.41) is 0. The zero-order valence-corrected chi connectivity index (χ0v) is 11.8. The first kappa shape index (κ1) is 15.4. The number of imidazole rings is 1. The number of nitrogen functional groups attached to an aromatic ring is 1. The summed E-state index contributed by atoms with van der Waals surface area (Å²) in [5.74, 6) is -2.27. The number of benzene rings is 1. The van der Waals surface area contributed by atoms with Crippen molar-refractivity contribution in [1.82, 2.24) is 14.3 Å². The maximum atomic E-state index is 13.7. The summed E-state index contributed by atoms with van der Waals surface area (Å²) in [6, 6.07) is 1.66. The van der Waals surface area contributed by atoms with Gasteiger partial charge in [0.2, 0.25) is 10.0 Å². The van der Waals surface area contributed by atoms with E-state index in [9.17, 15) is 17.2 Å². The van der Waals surface area contributed by atoms with Crippen molar-refractivity contribution in [2.75, 3.05) is 12.3 Å². The molecule has 114 valence electrons. The molecule has 0 atom stereocenters. The first-order chi connectivity index (χ1) is 9.92. The Hall–Kier alpha value is -2.00. The van der Waals surface area contributed by atoms with Crippen molar-refractivity contribution in [3.8, 4) is 0 Å². The summed E-state index contributed by atoms with van der Waals surface area (Å²) >= 11 is 0. The molecule has 2 rings (SSSR count). The Morgan fingerprint density at radius 1 is 1.33 bits per heavy atom. The molecule has 3 N–H and O–H groups in total. The van der Waals surface area contributed by atoms with Crippen LogP contribution in [0.3, 0.4) is 0 Å². The molecule has 0 amide bonds. The third kappa shape index (κ3) is 3.56. The molecule has 0 aliphatic rings. The normalized spacial score (nSPS) is 11.7. The van der Waals surface area contributed by atoms with E-state index in [0.29, 0.717) is 13.0 Å². The number of nitrogens with two attached hydrogens (primary N) is 1. The van der Waals surface area contributed by atoms with E-state index in [1.807, 2.05) is 0 Å². The lowest BCUT2D eigenvalue weighted by molar-refractivity contribution is 0.543. The van der Waals surface area contributed by atoms with Gasteiger partial charge < -0.3 is 10.3 Å². The van der Waals surface area contributed by atoms with Gasteiger partial charge in [0, 0.05) is 25.5 Å². The lowest BCUT2D eigenvalue weighted by Gasteiger charge is -2.09. The lowest BCUT2D eigenvalue weighted by atomic mass is 10.3. The fraction of sp³-hybridized carbons (Fsp3) is 0.250. The van der Waals surface area contributed by atoms with Crippen molar-refractivity contribution >= 4 is 15.7 Å². The SMILES string of the molecule is Nc1c(F)ccc(S(=O)(=O)NCCCn2ccnc2)c1F. The molecule has 0 saturated heterocycles. The van der Waals surface area contributed by atoms with Gasteiger partial charge in [-0.25, -0.2) is 26.9 Å². The second-order valence-corrected chi connectivity index (χ2v) is 6.06. The minimum Gasteiger partial charge on any atom is -0.394 e. The predicted molar refractivity (Wildman–Crippen MR) is 72.8 cm³/mol. The van der Waals surface area contributed by atoms with E-state index in [0.717, 1.165) is 12.1 Å². The average Bonchev–Trinajstić information content (AvgIpc) is 2.94. The Balaban J connectivity index is 2.00. The summed E-state index contributed by atoms with van der Waals surface area (Å²) in [6.07, 6.45) is 5.46. The number of nitrogens with zero attached hydrogens (tertiary/aromatic N) is 2. The van der Waals surface area contributed by atoms with Crippen LogP contribution in [0.5, 0.6) is 0 Å². The van der Waals surface area contributed by atoms with Crippen LogP contribution in [0.2, 0.25) is 0 Å². The van der Waals surface area contributed by atoms with Crippen LogP contribution in [0.15, 0.2) is 35.7 Å². The molecule has 1 aromatic carbocycles. The van der Waals surface area contributed by atoms with Gasteiger partial charge in [0.25, 0.3) is 0 Å². The van der Waals surface area contributed by atoms with E-state index < -0.39 is 32.2 Å². The molecule has 1 heterocycles. The topological polar surface area (TPSA) is 90.0 Å². The molecule has 2 aromatic rings. The van der Waals surface area contributed by atoms with Gasteiger partial charge in [0.1, 0.15) is 16.4 Å². The zero-order chi connectivity index (χ0) is 15.5. The summed E-state index contributed by atoms with van der Waals surface area (Å²) in [5.41, 5.74) is 4.34. The zero-order valence-electron chi connectivity index (χ0n) is 11.0. The summed E-state index contributed by atoms with van der Waals surface area (Å²) in [7, 11) is -4.07. The lowest BCUT2D eigenvalue weighted by Crippen LogP contribution is -2.26. The van der Waals surface area contributed by atoms with Crippen molar-refractivity contribution in [2.24, 2.45) is 0 Å². The smallest absolute Gasteiger partial charge is 0.243 e. The minimum absolute atomic E-state index is 0.108. The van der Waals surface area contributed by atoms with Crippen molar-refractivity contribution in [3.63, 3.8) is 0 Å². The maximum absolute atomic E-state index is 13.7. The highest BCUT2D eigenvalue weighted by molar-refractivity contribution is 7.89. The third-order valence-electron chi connectivity index (χ3n) is 2.83. The van der Waals surface area contributed by atoms with Gasteiger partial charge in [-0.2, -0.15) is 0 Å². The van der Waals surface area contributed by atoms with E-state index in [1.165, 1.54) is 0 Å². The van der Waals surface area contributed by atoms with E-state index >= 15 is 0 Å². The summed E-state index contributed by atoms with van der Waals surface area (Å²) in [6.45, 7) is 0.674. The maximum Gasteiger partial charge on any atom is 0.243 e. The molecule has 9 heteroatoms. The number of hydrogen-bond acceptors (Lipinski definition) is 4. The Labute approximate surface area is 120 Å². The Kier molecular flexibility index (Phi) is 4.53. The third-order valence-corrected chi connectivity index (χ3v) is 4.30. The molecular formula is C12H14F2N4O2S. The van der Waals surface area contributed by atoms with Gasteiger partial charge in [-0.1, -0.05) is 0 Å². The second kappa shape index (κ2) is 6.19. The van der Waals surface area contributed by atoms with Crippen LogP contribution in [0.1, 0.15) is 6.42 Å². The number of aryl methyl sites for hydroxylation is 1. The number of hydrogen-bond donors (Lipinski definition) is 2. The number of nitrogens with one attached hydrogen (secondary N) is 1. The van der Waals surface area contributed by atoms with E-state index in [1.54, 1.807) is 23.3 Å². The Bertz CT molecular complexity index is 717. The van der Waals surface area contributed by atoms with Crippen LogP contribution >= 0.6 is 0 Å². The van der Waals surface area contributed by atoms with Crippen molar-refractivity contribution < 1.29 is 17.2 Å².